The predicted octanol–water partition coefficient (Wildman–Crippen LogP) is 2.70. The lowest BCUT2D eigenvalue weighted by molar-refractivity contribution is 0.295. The van der Waals surface area contributed by atoms with Gasteiger partial charge in [-0.1, -0.05) is 6.07 Å². The number of rotatable bonds is 10. The molecule has 0 aliphatic heterocycles. The van der Waals surface area contributed by atoms with E-state index in [1.54, 1.807) is 12.1 Å². The van der Waals surface area contributed by atoms with E-state index in [0.29, 0.717) is 17.5 Å². The first-order valence-corrected chi connectivity index (χ1v) is 10.3. The van der Waals surface area contributed by atoms with Crippen LogP contribution in [-0.4, -0.2) is 55.6 Å². The maximum Gasteiger partial charge on any atom is 0.169 e. The molecule has 0 aromatic heterocycles. The van der Waals surface area contributed by atoms with Crippen molar-refractivity contribution < 1.29 is 45.2 Å². The summed E-state index contributed by atoms with van der Waals surface area (Å²) in [5, 5.41) is 68.1. The molecule has 0 aliphatic rings. The summed E-state index contributed by atoms with van der Waals surface area (Å²) < 4.78 is 11.5. The Balaban J connectivity index is 1.97. The first-order valence-electron chi connectivity index (χ1n) is 10.3. The number of hydrogen-bond donors (Lipinski definition) is 7. The van der Waals surface area contributed by atoms with Crippen LogP contribution < -0.4 is 9.47 Å². The molecule has 3 rings (SSSR count). The van der Waals surface area contributed by atoms with Crippen molar-refractivity contribution in [3.63, 3.8) is 0 Å². The molecule has 0 radical (unpaired) electrons. The molecule has 7 N–H and O–H groups in total. The highest BCUT2D eigenvalue weighted by Crippen LogP contribution is 2.42. The highest BCUT2D eigenvalue weighted by molar-refractivity contribution is 5.56. The summed E-state index contributed by atoms with van der Waals surface area (Å²) >= 11 is 0. The fourth-order valence-electron chi connectivity index (χ4n) is 3.26. The Hall–Kier alpha value is -3.66. The van der Waals surface area contributed by atoms with Crippen molar-refractivity contribution in [1.29, 1.82) is 0 Å². The number of benzene rings is 3. The molecular weight excluding hydrogens is 432 g/mol. The molecule has 9 heteroatoms. The summed E-state index contributed by atoms with van der Waals surface area (Å²) in [6.07, 6.45) is 0.652. The van der Waals surface area contributed by atoms with Gasteiger partial charge in [0.05, 0.1) is 0 Å². The molecule has 0 saturated carbocycles. The number of hydrogen-bond acceptors (Lipinski definition) is 9. The van der Waals surface area contributed by atoms with E-state index in [1.165, 1.54) is 30.3 Å². The molecular formula is C24H26O9. The van der Waals surface area contributed by atoms with Gasteiger partial charge in [-0.15, -0.1) is 0 Å². The van der Waals surface area contributed by atoms with Crippen molar-refractivity contribution in [2.24, 2.45) is 0 Å². The maximum atomic E-state index is 10.6. The lowest BCUT2D eigenvalue weighted by atomic mass is 10.1. The maximum absolute atomic E-state index is 10.6. The molecule has 9 nitrogen and oxygen atoms in total. The van der Waals surface area contributed by atoms with Crippen molar-refractivity contribution >= 4 is 0 Å². The van der Waals surface area contributed by atoms with Gasteiger partial charge in [-0.05, 0) is 49.1 Å². The minimum atomic E-state index is -0.431. The Kier molecular flexibility index (Phi) is 7.83. The van der Waals surface area contributed by atoms with Crippen molar-refractivity contribution in [1.82, 2.24) is 0 Å². The highest BCUT2D eigenvalue weighted by Gasteiger charge is 2.17. The Labute approximate surface area is 190 Å². The number of aliphatic hydroxyl groups is 3. The zero-order chi connectivity index (χ0) is 24.0. The summed E-state index contributed by atoms with van der Waals surface area (Å²) in [7, 11) is 0. The van der Waals surface area contributed by atoms with Gasteiger partial charge in [0.1, 0.15) is 11.5 Å². The molecule has 0 atom stereocenters. The molecule has 0 spiro atoms. The predicted molar refractivity (Wildman–Crippen MR) is 119 cm³/mol. The van der Waals surface area contributed by atoms with Crippen LogP contribution >= 0.6 is 0 Å². The van der Waals surface area contributed by atoms with Crippen LogP contribution in [-0.2, 0) is 19.3 Å². The summed E-state index contributed by atoms with van der Waals surface area (Å²) in [5.74, 6) is -0.861. The first-order chi connectivity index (χ1) is 15.9. The van der Waals surface area contributed by atoms with Gasteiger partial charge in [0.25, 0.3) is 0 Å². The van der Waals surface area contributed by atoms with E-state index in [1.807, 2.05) is 0 Å². The molecule has 176 valence electrons. The van der Waals surface area contributed by atoms with Gasteiger partial charge in [0, 0.05) is 43.1 Å². The van der Waals surface area contributed by atoms with Gasteiger partial charge >= 0.3 is 0 Å². The van der Waals surface area contributed by atoms with Crippen LogP contribution in [0.3, 0.4) is 0 Å². The third kappa shape index (κ3) is 5.78. The van der Waals surface area contributed by atoms with Crippen LogP contribution in [0.2, 0.25) is 0 Å². The van der Waals surface area contributed by atoms with Crippen molar-refractivity contribution in [3.8, 4) is 46.0 Å². The van der Waals surface area contributed by atoms with E-state index in [2.05, 4.69) is 0 Å². The van der Waals surface area contributed by atoms with Gasteiger partial charge in [0.15, 0.2) is 34.5 Å². The van der Waals surface area contributed by atoms with Crippen LogP contribution in [0.5, 0.6) is 46.0 Å². The molecule has 0 heterocycles. The van der Waals surface area contributed by atoms with Crippen molar-refractivity contribution in [2.45, 2.75) is 19.3 Å². The van der Waals surface area contributed by atoms with Crippen molar-refractivity contribution in [3.05, 3.63) is 59.2 Å². The number of phenols is 4. The van der Waals surface area contributed by atoms with E-state index in [9.17, 15) is 30.6 Å². The number of aromatic hydroxyl groups is 4. The Bertz CT molecular complexity index is 1110. The first kappa shape index (κ1) is 24.0. The summed E-state index contributed by atoms with van der Waals surface area (Å²) in [4.78, 5) is 0. The molecule has 0 aliphatic carbocycles. The SMILES string of the molecule is OCCc1ccc(O)c(Oc2cc(O)c(Oc3cc(O)c(O)cc3CCO)cc2CCO)c1. The highest BCUT2D eigenvalue weighted by atomic mass is 16.5. The van der Waals surface area contributed by atoms with Crippen molar-refractivity contribution in [2.75, 3.05) is 19.8 Å². The van der Waals surface area contributed by atoms with E-state index >= 15 is 0 Å². The summed E-state index contributed by atoms with van der Waals surface area (Å²) in [6.45, 7) is -0.529. The summed E-state index contributed by atoms with van der Waals surface area (Å²) in [6, 6.07) is 9.79. The second-order valence-electron chi connectivity index (χ2n) is 7.30. The molecule has 33 heavy (non-hydrogen) atoms. The smallest absolute Gasteiger partial charge is 0.169 e. The average molecular weight is 458 g/mol. The molecule has 0 fully saturated rings. The second kappa shape index (κ2) is 10.8. The third-order valence-corrected chi connectivity index (χ3v) is 4.93. The largest absolute Gasteiger partial charge is 0.504 e. The quantitative estimate of drug-likeness (QED) is 0.227. The lowest BCUT2D eigenvalue weighted by Gasteiger charge is -2.17. The number of ether oxygens (including phenoxy) is 2. The normalized spacial score (nSPS) is 10.9. The van der Waals surface area contributed by atoms with E-state index < -0.39 is 5.75 Å². The molecule has 3 aromatic rings. The molecule has 3 aromatic carbocycles. The molecule has 0 saturated heterocycles. The van der Waals surface area contributed by atoms with E-state index in [0.717, 1.165) is 5.56 Å². The summed E-state index contributed by atoms with van der Waals surface area (Å²) in [5.41, 5.74) is 1.60. The van der Waals surface area contributed by atoms with E-state index in [-0.39, 0.29) is 72.9 Å². The Morgan fingerprint density at radius 1 is 0.485 bits per heavy atom. The third-order valence-electron chi connectivity index (χ3n) is 4.93. The second-order valence-corrected chi connectivity index (χ2v) is 7.30. The Morgan fingerprint density at radius 2 is 1.00 bits per heavy atom. The van der Waals surface area contributed by atoms with Crippen LogP contribution in [0.4, 0.5) is 0 Å². The zero-order valence-electron chi connectivity index (χ0n) is 17.7. The van der Waals surface area contributed by atoms with Gasteiger partial charge in [-0.2, -0.15) is 0 Å². The topological polar surface area (TPSA) is 160 Å². The van der Waals surface area contributed by atoms with Gasteiger partial charge in [-0.25, -0.2) is 0 Å². The van der Waals surface area contributed by atoms with Gasteiger partial charge < -0.3 is 45.2 Å². The van der Waals surface area contributed by atoms with Crippen LogP contribution in [0.15, 0.2) is 42.5 Å². The monoisotopic (exact) mass is 458 g/mol. The molecule has 0 bridgehead atoms. The zero-order valence-corrected chi connectivity index (χ0v) is 17.7. The molecule has 0 unspecified atom stereocenters. The Morgan fingerprint density at radius 3 is 1.61 bits per heavy atom. The van der Waals surface area contributed by atoms with Gasteiger partial charge in [0.2, 0.25) is 0 Å². The minimum absolute atomic E-state index is 0.00617. The number of aliphatic hydroxyl groups excluding tert-OH is 3. The average Bonchev–Trinajstić information content (AvgIpc) is 2.77. The van der Waals surface area contributed by atoms with Crippen LogP contribution in [0, 0.1) is 0 Å². The lowest BCUT2D eigenvalue weighted by Crippen LogP contribution is -2.00. The minimum Gasteiger partial charge on any atom is -0.504 e. The standard InChI is InChI=1S/C24H26O9/c25-6-3-14-1-2-17(28)23(9-14)32-22-13-20(31)24(11-16(22)5-8-27)33-21-12-19(30)18(29)10-15(21)4-7-26/h1-2,9-13,25-31H,3-8H2. The van der Waals surface area contributed by atoms with E-state index in [4.69, 9.17) is 14.6 Å². The van der Waals surface area contributed by atoms with Crippen LogP contribution in [0.25, 0.3) is 0 Å². The fourth-order valence-corrected chi connectivity index (χ4v) is 3.26. The number of phenolic OH excluding ortho intramolecular Hbond substituents is 4. The fraction of sp³-hybridized carbons (Fsp3) is 0.250. The van der Waals surface area contributed by atoms with Crippen LogP contribution in [0.1, 0.15) is 16.7 Å². The molecule has 0 amide bonds. The van der Waals surface area contributed by atoms with Gasteiger partial charge in [-0.3, -0.25) is 0 Å².